The molecule has 0 amide bonds. The molecule has 0 aliphatic rings. The largest absolute Gasteiger partial charge is 0.422 e. The van der Waals surface area contributed by atoms with E-state index in [1.54, 1.807) is 23.8 Å². The van der Waals surface area contributed by atoms with Gasteiger partial charge >= 0.3 is 5.63 Å². The Labute approximate surface area is 121 Å². The molecule has 3 aromatic rings. The van der Waals surface area contributed by atoms with Gasteiger partial charge in [0.25, 0.3) is 5.56 Å². The molecule has 4 heteroatoms. The third kappa shape index (κ3) is 2.65. The number of pyridine rings is 1. The number of nitrogens with zero attached hydrogens (tertiary/aromatic N) is 1. The van der Waals surface area contributed by atoms with Gasteiger partial charge in [-0.1, -0.05) is 30.3 Å². The maximum atomic E-state index is 12.5. The van der Waals surface area contributed by atoms with Crippen molar-refractivity contribution >= 4 is 11.0 Å². The molecule has 106 valence electrons. The Balaban J connectivity index is 1.99. The smallest absolute Gasteiger partial charge is 0.336 e. The van der Waals surface area contributed by atoms with Gasteiger partial charge in [0, 0.05) is 18.8 Å². The fraction of sp³-hybridized carbons (Fsp3) is 0.176. The molecular formula is C17H15NO3. The molecule has 0 saturated heterocycles. The highest BCUT2D eigenvalue weighted by atomic mass is 16.4. The van der Waals surface area contributed by atoms with E-state index in [-0.39, 0.29) is 5.56 Å². The lowest BCUT2D eigenvalue weighted by Gasteiger charge is -2.08. The lowest BCUT2D eigenvalue weighted by atomic mass is 10.1. The molecule has 0 aliphatic carbocycles. The predicted octanol–water partition coefficient (Wildman–Crippen LogP) is 2.51. The average Bonchev–Trinajstić information content (AvgIpc) is 2.47. The first-order chi connectivity index (χ1) is 10.1. The molecule has 0 bridgehead atoms. The van der Waals surface area contributed by atoms with E-state index in [1.807, 2.05) is 30.3 Å². The highest BCUT2D eigenvalue weighted by Gasteiger charge is 2.08. The van der Waals surface area contributed by atoms with E-state index in [9.17, 15) is 9.59 Å². The Hall–Kier alpha value is -2.62. The van der Waals surface area contributed by atoms with Crippen molar-refractivity contribution in [3.8, 4) is 0 Å². The topological polar surface area (TPSA) is 52.2 Å². The predicted molar refractivity (Wildman–Crippen MR) is 81.6 cm³/mol. The van der Waals surface area contributed by atoms with Gasteiger partial charge < -0.3 is 8.98 Å². The highest BCUT2D eigenvalue weighted by molar-refractivity contribution is 5.78. The summed E-state index contributed by atoms with van der Waals surface area (Å²) in [6.45, 7) is 2.35. The molecule has 0 aliphatic heterocycles. The van der Waals surface area contributed by atoms with Gasteiger partial charge in [0.05, 0.1) is 5.39 Å². The number of benzene rings is 1. The van der Waals surface area contributed by atoms with Crippen molar-refractivity contribution < 1.29 is 4.42 Å². The Bertz CT molecular complexity index is 891. The average molecular weight is 281 g/mol. The van der Waals surface area contributed by atoms with Crippen molar-refractivity contribution in [1.29, 1.82) is 0 Å². The number of fused-ring (bicyclic) bond motifs is 1. The zero-order valence-electron chi connectivity index (χ0n) is 11.7. The van der Waals surface area contributed by atoms with Crippen LogP contribution in [0.1, 0.15) is 11.1 Å². The fourth-order valence-corrected chi connectivity index (χ4v) is 2.46. The molecule has 3 rings (SSSR count). The Morgan fingerprint density at radius 3 is 2.62 bits per heavy atom. The molecule has 0 saturated carbocycles. The standard InChI is InChI=1S/C17H15NO3/c1-12-11-15(19)21-14-8-10-18(17(20)16(12)14)9-7-13-5-3-2-4-6-13/h2-6,8,10-11H,7,9H2,1H3. The number of aromatic nitrogens is 1. The summed E-state index contributed by atoms with van der Waals surface area (Å²) in [6, 6.07) is 13.0. The van der Waals surface area contributed by atoms with Crippen LogP contribution in [-0.2, 0) is 13.0 Å². The Morgan fingerprint density at radius 1 is 1.10 bits per heavy atom. The lowest BCUT2D eigenvalue weighted by molar-refractivity contribution is 0.556. The minimum absolute atomic E-state index is 0.121. The molecule has 0 atom stereocenters. The van der Waals surface area contributed by atoms with E-state index in [0.29, 0.717) is 23.1 Å². The minimum atomic E-state index is -0.429. The van der Waals surface area contributed by atoms with Crippen molar-refractivity contribution in [2.75, 3.05) is 0 Å². The molecule has 0 radical (unpaired) electrons. The lowest BCUT2D eigenvalue weighted by Crippen LogP contribution is -2.22. The molecule has 0 unspecified atom stereocenters. The third-order valence-electron chi connectivity index (χ3n) is 3.55. The molecule has 0 fully saturated rings. The van der Waals surface area contributed by atoms with E-state index in [2.05, 4.69) is 0 Å². The molecule has 0 N–H and O–H groups in total. The van der Waals surface area contributed by atoms with Crippen LogP contribution in [0.25, 0.3) is 11.0 Å². The second-order valence-corrected chi connectivity index (χ2v) is 5.04. The number of aryl methyl sites for hydroxylation is 3. The second-order valence-electron chi connectivity index (χ2n) is 5.04. The summed E-state index contributed by atoms with van der Waals surface area (Å²) in [5.41, 5.74) is 1.63. The van der Waals surface area contributed by atoms with Gasteiger partial charge in [-0.3, -0.25) is 4.79 Å². The monoisotopic (exact) mass is 281 g/mol. The number of rotatable bonds is 3. The summed E-state index contributed by atoms with van der Waals surface area (Å²) in [6.07, 6.45) is 2.46. The van der Waals surface area contributed by atoms with Crippen LogP contribution < -0.4 is 11.2 Å². The molecule has 1 aromatic carbocycles. The first kappa shape index (κ1) is 13.4. The van der Waals surface area contributed by atoms with Crippen molar-refractivity contribution in [2.24, 2.45) is 0 Å². The number of hydrogen-bond acceptors (Lipinski definition) is 3. The summed E-state index contributed by atoms with van der Waals surface area (Å²) in [5.74, 6) is 0. The quantitative estimate of drug-likeness (QED) is 0.741. The number of hydrogen-bond donors (Lipinski definition) is 0. The second kappa shape index (κ2) is 5.40. The minimum Gasteiger partial charge on any atom is -0.422 e. The fourth-order valence-electron chi connectivity index (χ4n) is 2.46. The highest BCUT2D eigenvalue weighted by Crippen LogP contribution is 2.11. The van der Waals surface area contributed by atoms with Gasteiger partial charge in [-0.15, -0.1) is 0 Å². The third-order valence-corrected chi connectivity index (χ3v) is 3.55. The van der Waals surface area contributed by atoms with E-state index in [0.717, 1.165) is 6.42 Å². The van der Waals surface area contributed by atoms with Gasteiger partial charge in [0.1, 0.15) is 5.58 Å². The van der Waals surface area contributed by atoms with Crippen LogP contribution >= 0.6 is 0 Å². The zero-order chi connectivity index (χ0) is 14.8. The summed E-state index contributed by atoms with van der Waals surface area (Å²) in [5, 5.41) is 0.477. The van der Waals surface area contributed by atoms with Crippen LogP contribution in [0, 0.1) is 6.92 Å². The van der Waals surface area contributed by atoms with E-state index in [4.69, 9.17) is 4.42 Å². The maximum absolute atomic E-state index is 12.5. The maximum Gasteiger partial charge on any atom is 0.336 e. The van der Waals surface area contributed by atoms with Gasteiger partial charge in [-0.25, -0.2) is 4.79 Å². The Kier molecular flexibility index (Phi) is 3.44. The van der Waals surface area contributed by atoms with Crippen molar-refractivity contribution in [3.05, 3.63) is 80.6 Å². The Morgan fingerprint density at radius 2 is 1.86 bits per heavy atom. The molecule has 2 heterocycles. The van der Waals surface area contributed by atoms with Gasteiger partial charge in [-0.2, -0.15) is 0 Å². The van der Waals surface area contributed by atoms with Crippen molar-refractivity contribution in [2.45, 2.75) is 19.9 Å². The first-order valence-corrected chi connectivity index (χ1v) is 6.83. The summed E-state index contributed by atoms with van der Waals surface area (Å²) in [4.78, 5) is 23.8. The van der Waals surface area contributed by atoms with Gasteiger partial charge in [0.15, 0.2) is 0 Å². The summed E-state index contributed by atoms with van der Waals surface area (Å²) < 4.78 is 6.73. The summed E-state index contributed by atoms with van der Waals surface area (Å²) in [7, 11) is 0. The molecule has 4 nitrogen and oxygen atoms in total. The van der Waals surface area contributed by atoms with E-state index < -0.39 is 5.63 Å². The molecular weight excluding hydrogens is 266 g/mol. The first-order valence-electron chi connectivity index (χ1n) is 6.83. The van der Waals surface area contributed by atoms with Gasteiger partial charge in [-0.05, 0) is 30.5 Å². The van der Waals surface area contributed by atoms with Crippen LogP contribution in [0.3, 0.4) is 0 Å². The van der Waals surface area contributed by atoms with Crippen LogP contribution in [0.2, 0.25) is 0 Å². The van der Waals surface area contributed by atoms with Crippen LogP contribution in [0.4, 0.5) is 0 Å². The van der Waals surface area contributed by atoms with Crippen LogP contribution in [0.5, 0.6) is 0 Å². The van der Waals surface area contributed by atoms with E-state index >= 15 is 0 Å². The summed E-state index contributed by atoms with van der Waals surface area (Å²) >= 11 is 0. The van der Waals surface area contributed by atoms with Crippen molar-refractivity contribution in [1.82, 2.24) is 4.57 Å². The zero-order valence-corrected chi connectivity index (χ0v) is 11.7. The van der Waals surface area contributed by atoms with Crippen LogP contribution in [0.15, 0.2) is 62.7 Å². The molecule has 2 aromatic heterocycles. The van der Waals surface area contributed by atoms with E-state index in [1.165, 1.54) is 11.6 Å². The van der Waals surface area contributed by atoms with Crippen molar-refractivity contribution in [3.63, 3.8) is 0 Å². The van der Waals surface area contributed by atoms with Crippen LogP contribution in [-0.4, -0.2) is 4.57 Å². The SMILES string of the molecule is Cc1cc(=O)oc2ccn(CCc3ccccc3)c(=O)c12. The normalized spacial score (nSPS) is 10.9. The molecule has 0 spiro atoms. The molecule has 21 heavy (non-hydrogen) atoms. The van der Waals surface area contributed by atoms with Gasteiger partial charge in [0.2, 0.25) is 0 Å².